The van der Waals surface area contributed by atoms with Gasteiger partial charge in [0.05, 0.1) is 0 Å². The summed E-state index contributed by atoms with van der Waals surface area (Å²) in [5, 5.41) is 0. The Morgan fingerprint density at radius 2 is 0.956 bits per heavy atom. The average Bonchev–Trinajstić information content (AvgIpc) is 3.61. The summed E-state index contributed by atoms with van der Waals surface area (Å²) in [4.78, 5) is 0. The molecule has 0 radical (unpaired) electrons. The van der Waals surface area contributed by atoms with E-state index in [1.165, 1.54) is 44.5 Å². The van der Waals surface area contributed by atoms with Gasteiger partial charge in [0, 0.05) is 0 Å². The van der Waals surface area contributed by atoms with Crippen LogP contribution in [0.1, 0.15) is 103 Å². The van der Waals surface area contributed by atoms with E-state index in [0.29, 0.717) is 7.35 Å². The first kappa shape index (κ1) is 30.9. The minimum absolute atomic E-state index is 0.0591. The first-order chi connectivity index (χ1) is 21.2. The number of hydrogen-bond acceptors (Lipinski definition) is 0. The van der Waals surface area contributed by atoms with Gasteiger partial charge in [0.25, 0.3) is 0 Å². The second-order valence-electron chi connectivity index (χ2n) is 16.8. The van der Waals surface area contributed by atoms with E-state index >= 15 is 0 Å². The van der Waals surface area contributed by atoms with Crippen molar-refractivity contribution >= 4 is 12.2 Å². The summed E-state index contributed by atoms with van der Waals surface area (Å²) in [5.41, 5.74) is 18.3. The Morgan fingerprint density at radius 1 is 0.578 bits per heavy atom. The molecule has 1 aliphatic heterocycles. The Balaban J connectivity index is 1.37. The Kier molecular flexibility index (Phi) is 7.11. The molecule has 0 spiro atoms. The number of fused-ring (bicyclic) bond motifs is 6. The van der Waals surface area contributed by atoms with Crippen LogP contribution in [0.2, 0.25) is 9.36 Å². The van der Waals surface area contributed by atoms with Crippen molar-refractivity contribution < 1.29 is 20.0 Å². The predicted molar refractivity (Wildman–Crippen MR) is 193 cm³/mol. The molecule has 0 amide bonds. The summed E-state index contributed by atoms with van der Waals surface area (Å²) >= 11 is -3.08. The quantitative estimate of drug-likeness (QED) is 0.183. The zero-order chi connectivity index (χ0) is 32.1. The first-order valence-electron chi connectivity index (χ1n) is 17.1. The molecule has 1 saturated heterocycles. The second kappa shape index (κ2) is 10.4. The van der Waals surface area contributed by atoms with Gasteiger partial charge in [0.1, 0.15) is 0 Å². The maximum absolute atomic E-state index is 3.08. The molecule has 1 heterocycles. The fourth-order valence-corrected chi connectivity index (χ4v) is 26.3. The van der Waals surface area contributed by atoms with E-state index in [2.05, 4.69) is 162 Å². The molecule has 0 bridgehead atoms. The van der Waals surface area contributed by atoms with Crippen molar-refractivity contribution in [1.29, 1.82) is 0 Å². The molecule has 45 heavy (non-hydrogen) atoms. The van der Waals surface area contributed by atoms with Gasteiger partial charge >= 0.3 is 279 Å². The van der Waals surface area contributed by atoms with Crippen LogP contribution in [0.5, 0.6) is 0 Å². The molecule has 2 atom stereocenters. The maximum atomic E-state index is 2.76. The molecular formula is C44H50Hf. The average molecular weight is 757 g/mol. The van der Waals surface area contributed by atoms with Crippen molar-refractivity contribution in [3.8, 4) is 22.3 Å². The standard InChI is InChI=1S/C42H44.2CH3.Hf/c1-9-42(8,34-24-30-12-10-14-36(38(30)26-34)28-16-20-32(21-17-28)40(2,3)4)35-25-31-13-11-15-37(39(31)27-35)29-18-22-33(23-19-29)41(5,6)7;;;/h10-27H,9H2,1-8H3;2*1H3;. The molecule has 2 unspecified atom stereocenters. The van der Waals surface area contributed by atoms with E-state index in [4.69, 9.17) is 0 Å². The fourth-order valence-electron chi connectivity index (χ4n) is 8.91. The molecule has 1 fully saturated rings. The van der Waals surface area contributed by atoms with Gasteiger partial charge in [-0.3, -0.25) is 0 Å². The molecular weight excluding hydrogens is 707 g/mol. The monoisotopic (exact) mass is 758 g/mol. The van der Waals surface area contributed by atoms with Crippen molar-refractivity contribution in [3.63, 3.8) is 0 Å². The summed E-state index contributed by atoms with van der Waals surface area (Å²) in [6, 6.07) is 33.1. The third-order valence-corrected chi connectivity index (χ3v) is 26.9. The summed E-state index contributed by atoms with van der Waals surface area (Å²) in [5.74, 6) is 0. The van der Waals surface area contributed by atoms with Crippen LogP contribution >= 0.6 is 0 Å². The van der Waals surface area contributed by atoms with Crippen LogP contribution in [0.25, 0.3) is 34.4 Å². The summed E-state index contributed by atoms with van der Waals surface area (Å²) < 4.78 is 6.74. The second-order valence-corrected chi connectivity index (χ2v) is 34.1. The van der Waals surface area contributed by atoms with Gasteiger partial charge in [0.2, 0.25) is 0 Å². The summed E-state index contributed by atoms with van der Waals surface area (Å²) in [6.07, 6.45) is 6.45. The van der Waals surface area contributed by atoms with E-state index in [-0.39, 0.29) is 16.2 Å². The topological polar surface area (TPSA) is 0 Å². The zero-order valence-corrected chi connectivity index (χ0v) is 32.7. The van der Waals surface area contributed by atoms with Gasteiger partial charge < -0.3 is 0 Å². The van der Waals surface area contributed by atoms with E-state index in [1.54, 1.807) is 22.3 Å². The van der Waals surface area contributed by atoms with Gasteiger partial charge in [-0.15, -0.1) is 0 Å². The molecule has 4 aromatic carbocycles. The first-order valence-corrected chi connectivity index (χ1v) is 28.4. The Bertz CT molecular complexity index is 1730. The predicted octanol–water partition coefficient (Wildman–Crippen LogP) is 12.9. The molecule has 0 saturated carbocycles. The van der Waals surface area contributed by atoms with Crippen molar-refractivity contribution in [2.75, 3.05) is 0 Å². The molecule has 4 aromatic rings. The van der Waals surface area contributed by atoms with Crippen molar-refractivity contribution in [2.45, 2.75) is 89.4 Å². The van der Waals surface area contributed by atoms with Crippen LogP contribution < -0.4 is 0 Å². The summed E-state index contributed by atoms with van der Waals surface area (Å²) in [7, 11) is 0. The van der Waals surface area contributed by atoms with Crippen molar-refractivity contribution in [1.82, 2.24) is 0 Å². The van der Waals surface area contributed by atoms with Gasteiger partial charge in [0.15, 0.2) is 0 Å². The van der Waals surface area contributed by atoms with E-state index in [0.717, 1.165) is 6.42 Å². The number of allylic oxidation sites excluding steroid dienone is 2. The van der Waals surface area contributed by atoms with Gasteiger partial charge in [-0.1, -0.05) is 0 Å². The third-order valence-electron chi connectivity index (χ3n) is 11.7. The Hall–Kier alpha value is -2.77. The molecule has 2 aliphatic carbocycles. The zero-order valence-electron chi connectivity index (χ0n) is 29.1. The van der Waals surface area contributed by atoms with Crippen LogP contribution in [0, 0.1) is 5.41 Å². The minimum atomic E-state index is -3.08. The molecule has 1 heteroatoms. The number of hydrogen-bond donors (Lipinski definition) is 0. The molecule has 7 rings (SSSR count). The molecule has 0 aromatic heterocycles. The van der Waals surface area contributed by atoms with Crippen LogP contribution in [0.4, 0.5) is 0 Å². The van der Waals surface area contributed by atoms with Crippen molar-refractivity contribution in [3.05, 3.63) is 129 Å². The molecule has 230 valence electrons. The number of benzene rings is 4. The van der Waals surface area contributed by atoms with Crippen LogP contribution in [0.15, 0.2) is 96.1 Å². The van der Waals surface area contributed by atoms with Gasteiger partial charge in [-0.2, -0.15) is 0 Å². The Morgan fingerprint density at radius 3 is 1.29 bits per heavy atom. The summed E-state index contributed by atoms with van der Waals surface area (Å²) in [6.45, 7) is 18.8. The van der Waals surface area contributed by atoms with Gasteiger partial charge in [-0.25, -0.2) is 0 Å². The third kappa shape index (κ3) is 4.70. The van der Waals surface area contributed by atoms with Crippen LogP contribution in [-0.2, 0) is 30.8 Å². The molecule has 0 N–H and O–H groups in total. The van der Waals surface area contributed by atoms with E-state index in [9.17, 15) is 0 Å². The van der Waals surface area contributed by atoms with E-state index < -0.39 is 20.0 Å². The normalized spacial score (nSPS) is 23.1. The van der Waals surface area contributed by atoms with Crippen LogP contribution in [-0.4, -0.2) is 0 Å². The number of rotatable bonds is 3. The van der Waals surface area contributed by atoms with Crippen molar-refractivity contribution in [2.24, 2.45) is 5.41 Å². The Labute approximate surface area is 277 Å². The van der Waals surface area contributed by atoms with E-state index in [1.807, 2.05) is 0 Å². The van der Waals surface area contributed by atoms with Crippen LogP contribution in [0.3, 0.4) is 0 Å². The molecule has 3 aliphatic rings. The molecule has 0 nitrogen and oxygen atoms in total. The fraction of sp³-hybridized carbons (Fsp3) is 0.364. The van der Waals surface area contributed by atoms with Gasteiger partial charge in [-0.05, 0) is 0 Å². The SMILES string of the molecule is CCC1(C)C2=Cc3c(-c4ccc(C(C)(C)C)cc4)cccc3[CH]2[Hf]([CH3])([CH3])[CH]2C1=Cc1c(-c3ccc(C(C)(C)C)cc3)cccc12.